The molecule has 0 saturated heterocycles. The van der Waals surface area contributed by atoms with Crippen molar-refractivity contribution in [3.05, 3.63) is 11.4 Å². The van der Waals surface area contributed by atoms with E-state index in [1.807, 2.05) is 11.8 Å². The van der Waals surface area contributed by atoms with Gasteiger partial charge in [0.2, 0.25) is 0 Å². The van der Waals surface area contributed by atoms with Crippen LogP contribution in [0.3, 0.4) is 0 Å². The second kappa shape index (κ2) is 5.70. The fraction of sp³-hybridized carbons (Fsp3) is 0.733. The summed E-state index contributed by atoms with van der Waals surface area (Å²) in [5.41, 5.74) is 1.24. The minimum atomic E-state index is 0.626. The first-order chi connectivity index (χ1) is 9.28. The molecule has 0 amide bonds. The minimum absolute atomic E-state index is 0.626. The van der Waals surface area contributed by atoms with Gasteiger partial charge in [-0.05, 0) is 39.5 Å². The Morgan fingerprint density at radius 1 is 1.16 bits per heavy atom. The Bertz CT molecular complexity index is 451. The Labute approximate surface area is 120 Å². The molecule has 19 heavy (non-hydrogen) atoms. The fourth-order valence-electron chi connectivity index (χ4n) is 2.66. The highest BCUT2D eigenvalue weighted by atomic mass is 32.2. The van der Waals surface area contributed by atoms with Gasteiger partial charge >= 0.3 is 0 Å². The zero-order valence-electron chi connectivity index (χ0n) is 11.9. The van der Waals surface area contributed by atoms with Crippen LogP contribution in [0.25, 0.3) is 0 Å². The zero-order chi connectivity index (χ0) is 13.2. The lowest BCUT2D eigenvalue weighted by Gasteiger charge is -2.15. The first kappa shape index (κ1) is 13.2. The molecule has 2 fully saturated rings. The molecule has 0 radical (unpaired) electrons. The molecule has 0 unspecified atom stereocenters. The Morgan fingerprint density at radius 3 is 2.53 bits per heavy atom. The van der Waals surface area contributed by atoms with Gasteiger partial charge in [-0.15, -0.1) is 11.8 Å². The highest BCUT2D eigenvalue weighted by Crippen LogP contribution is 2.41. The van der Waals surface area contributed by atoms with E-state index in [-0.39, 0.29) is 0 Å². The van der Waals surface area contributed by atoms with Gasteiger partial charge < -0.3 is 5.32 Å². The summed E-state index contributed by atoms with van der Waals surface area (Å²) in [6, 6.07) is 0. The molecule has 1 N–H and O–H groups in total. The second-order valence-electron chi connectivity index (χ2n) is 5.69. The number of nitrogens with zero attached hydrogens (tertiary/aromatic N) is 2. The van der Waals surface area contributed by atoms with Crippen LogP contribution < -0.4 is 5.32 Å². The smallest absolute Gasteiger partial charge is 0.135 e. The van der Waals surface area contributed by atoms with E-state index >= 15 is 0 Å². The standard InChI is InChI=1S/C15H23N3S/c1-3-16-13-10(2)15(19-12-6-4-5-7-12)18-14(17-13)11-8-9-11/h11-12H,3-9H2,1-2H3,(H,16,17,18). The van der Waals surface area contributed by atoms with Gasteiger partial charge in [-0.25, -0.2) is 9.97 Å². The van der Waals surface area contributed by atoms with E-state index in [1.165, 1.54) is 49.1 Å². The molecule has 3 rings (SSSR count). The summed E-state index contributed by atoms with van der Waals surface area (Å²) < 4.78 is 0. The fourth-order valence-corrected chi connectivity index (χ4v) is 3.96. The summed E-state index contributed by atoms with van der Waals surface area (Å²) in [6.45, 7) is 5.21. The molecule has 104 valence electrons. The van der Waals surface area contributed by atoms with E-state index in [0.29, 0.717) is 5.92 Å². The third kappa shape index (κ3) is 3.04. The van der Waals surface area contributed by atoms with Gasteiger partial charge in [0.15, 0.2) is 0 Å². The van der Waals surface area contributed by atoms with E-state index in [0.717, 1.165) is 23.4 Å². The van der Waals surface area contributed by atoms with Gasteiger partial charge in [0.05, 0.1) is 0 Å². The van der Waals surface area contributed by atoms with Crippen molar-refractivity contribution in [2.24, 2.45) is 0 Å². The second-order valence-corrected chi connectivity index (χ2v) is 6.98. The number of hydrogen-bond acceptors (Lipinski definition) is 4. The summed E-state index contributed by atoms with van der Waals surface area (Å²) in [7, 11) is 0. The van der Waals surface area contributed by atoms with Gasteiger partial charge in [0.25, 0.3) is 0 Å². The summed E-state index contributed by atoms with van der Waals surface area (Å²) in [6.07, 6.45) is 8.01. The van der Waals surface area contributed by atoms with Crippen LogP contribution in [0, 0.1) is 6.92 Å². The minimum Gasteiger partial charge on any atom is -0.370 e. The van der Waals surface area contributed by atoms with Crippen LogP contribution >= 0.6 is 11.8 Å². The molecule has 4 heteroatoms. The highest BCUT2D eigenvalue weighted by Gasteiger charge is 2.29. The lowest BCUT2D eigenvalue weighted by molar-refractivity contribution is 0.848. The molecular formula is C15H23N3S. The van der Waals surface area contributed by atoms with Crippen LogP contribution in [0.15, 0.2) is 5.03 Å². The third-order valence-electron chi connectivity index (χ3n) is 3.99. The number of thioether (sulfide) groups is 1. The van der Waals surface area contributed by atoms with E-state index in [2.05, 4.69) is 19.2 Å². The Kier molecular flexibility index (Phi) is 3.96. The molecule has 0 spiro atoms. The number of nitrogens with one attached hydrogen (secondary N) is 1. The molecule has 0 bridgehead atoms. The van der Waals surface area contributed by atoms with Gasteiger partial charge in [-0.2, -0.15) is 0 Å². The van der Waals surface area contributed by atoms with Gasteiger partial charge in [-0.3, -0.25) is 0 Å². The van der Waals surface area contributed by atoms with E-state index < -0.39 is 0 Å². The van der Waals surface area contributed by atoms with E-state index in [4.69, 9.17) is 9.97 Å². The maximum absolute atomic E-state index is 4.85. The Balaban J connectivity index is 1.86. The van der Waals surface area contributed by atoms with Crippen molar-refractivity contribution in [2.75, 3.05) is 11.9 Å². The molecule has 1 aromatic rings. The molecule has 1 aromatic heterocycles. The molecule has 0 atom stereocenters. The van der Waals surface area contributed by atoms with Crippen LogP contribution in [-0.2, 0) is 0 Å². The molecule has 1 heterocycles. The molecule has 2 aliphatic rings. The monoisotopic (exact) mass is 277 g/mol. The Hall–Kier alpha value is -0.770. The van der Waals surface area contributed by atoms with Crippen molar-refractivity contribution >= 4 is 17.6 Å². The van der Waals surface area contributed by atoms with Crippen LogP contribution in [0.1, 0.15) is 62.8 Å². The maximum atomic E-state index is 4.85. The van der Waals surface area contributed by atoms with Gasteiger partial charge in [-0.1, -0.05) is 12.8 Å². The topological polar surface area (TPSA) is 37.8 Å². The quantitative estimate of drug-likeness (QED) is 0.821. The summed E-state index contributed by atoms with van der Waals surface area (Å²) in [4.78, 5) is 9.58. The average molecular weight is 277 g/mol. The number of rotatable bonds is 5. The van der Waals surface area contributed by atoms with Crippen molar-refractivity contribution in [3.8, 4) is 0 Å². The lowest BCUT2D eigenvalue weighted by atomic mass is 10.3. The third-order valence-corrected chi connectivity index (χ3v) is 5.41. The maximum Gasteiger partial charge on any atom is 0.135 e. The predicted octanol–water partition coefficient (Wildman–Crippen LogP) is 4.13. The normalized spacial score (nSPS) is 19.9. The van der Waals surface area contributed by atoms with Crippen molar-refractivity contribution in [3.63, 3.8) is 0 Å². The molecule has 0 aromatic carbocycles. The number of anilines is 1. The first-order valence-electron chi connectivity index (χ1n) is 7.57. The van der Waals surface area contributed by atoms with Crippen molar-refractivity contribution < 1.29 is 0 Å². The van der Waals surface area contributed by atoms with Gasteiger partial charge in [0.1, 0.15) is 16.7 Å². The van der Waals surface area contributed by atoms with Crippen LogP contribution in [0.4, 0.5) is 5.82 Å². The first-order valence-corrected chi connectivity index (χ1v) is 8.45. The van der Waals surface area contributed by atoms with Crippen LogP contribution in [-0.4, -0.2) is 21.8 Å². The Morgan fingerprint density at radius 2 is 1.89 bits per heavy atom. The molecule has 2 aliphatic carbocycles. The number of aromatic nitrogens is 2. The summed E-state index contributed by atoms with van der Waals surface area (Å²) >= 11 is 1.99. The van der Waals surface area contributed by atoms with E-state index in [9.17, 15) is 0 Å². The predicted molar refractivity (Wildman–Crippen MR) is 81.0 cm³/mol. The zero-order valence-corrected chi connectivity index (χ0v) is 12.7. The molecule has 2 saturated carbocycles. The number of hydrogen-bond donors (Lipinski definition) is 1. The van der Waals surface area contributed by atoms with Crippen molar-refractivity contribution in [1.29, 1.82) is 0 Å². The molecular weight excluding hydrogens is 254 g/mol. The molecule has 3 nitrogen and oxygen atoms in total. The largest absolute Gasteiger partial charge is 0.370 e. The SMILES string of the molecule is CCNc1nc(C2CC2)nc(SC2CCCC2)c1C. The van der Waals surface area contributed by atoms with E-state index in [1.54, 1.807) is 0 Å². The summed E-state index contributed by atoms with van der Waals surface area (Å²) in [5, 5.41) is 5.39. The average Bonchev–Trinajstić information content (AvgIpc) is 3.13. The van der Waals surface area contributed by atoms with Crippen molar-refractivity contribution in [2.45, 2.75) is 68.6 Å². The lowest BCUT2D eigenvalue weighted by Crippen LogP contribution is -2.08. The molecule has 0 aliphatic heterocycles. The van der Waals surface area contributed by atoms with Gasteiger partial charge in [0, 0.05) is 23.3 Å². The van der Waals surface area contributed by atoms with Crippen LogP contribution in [0.2, 0.25) is 0 Å². The van der Waals surface area contributed by atoms with Crippen molar-refractivity contribution in [1.82, 2.24) is 9.97 Å². The summed E-state index contributed by atoms with van der Waals surface area (Å²) in [5.74, 6) is 2.75. The highest BCUT2D eigenvalue weighted by molar-refractivity contribution is 7.99. The van der Waals surface area contributed by atoms with Crippen LogP contribution in [0.5, 0.6) is 0 Å².